The average molecular weight is 636 g/mol. The van der Waals surface area contributed by atoms with Crippen LogP contribution in [-0.4, -0.2) is 50.3 Å². The maximum absolute atomic E-state index is 14.8. The number of carbonyl (C=O) groups is 2. The zero-order valence-corrected chi connectivity index (χ0v) is 25.5. The predicted molar refractivity (Wildman–Crippen MR) is 167 cm³/mol. The molecule has 8 nitrogen and oxygen atoms in total. The van der Waals surface area contributed by atoms with Crippen LogP contribution >= 0.6 is 11.6 Å². The average Bonchev–Trinajstić information content (AvgIpc) is 3.02. The van der Waals surface area contributed by atoms with Gasteiger partial charge in [0.15, 0.2) is 6.10 Å². The lowest BCUT2D eigenvalue weighted by Crippen LogP contribution is -2.53. The first-order valence-electron chi connectivity index (χ1n) is 14.0. The number of hydrogen-bond donors (Lipinski definition) is 1. The summed E-state index contributed by atoms with van der Waals surface area (Å²) in [5.41, 5.74) is 2.24. The summed E-state index contributed by atoms with van der Waals surface area (Å²) >= 11 is 6.26. The standard InChI is InChI=1S/C33H31ClFN3O5S/c1-23-14-16-25(17-15-23)44(41,42)37(20-26-27(34)10-7-11-28(26)35)22-32(39)38-21-31(43-30-13-6-5-12-29(30)38)33(40)36-19-18-24-8-3-2-4-9-24/h2-17,31H,18-22H2,1H3,(H,36,40)/t31-/m0/s1. The predicted octanol–water partition coefficient (Wildman–Crippen LogP) is 5.13. The number of anilines is 1. The molecule has 1 heterocycles. The van der Waals surface area contributed by atoms with Gasteiger partial charge in [-0.15, -0.1) is 0 Å². The van der Waals surface area contributed by atoms with Gasteiger partial charge in [-0.25, -0.2) is 12.8 Å². The van der Waals surface area contributed by atoms with Crippen LogP contribution in [0.2, 0.25) is 5.02 Å². The molecule has 5 rings (SSSR count). The summed E-state index contributed by atoms with van der Waals surface area (Å²) in [6, 6.07) is 26.6. The first kappa shape index (κ1) is 31.2. The number of hydrogen-bond acceptors (Lipinski definition) is 5. The van der Waals surface area contributed by atoms with Crippen molar-refractivity contribution in [2.24, 2.45) is 0 Å². The number of rotatable bonds is 10. The summed E-state index contributed by atoms with van der Waals surface area (Å²) in [5, 5.41) is 2.90. The van der Waals surface area contributed by atoms with Gasteiger partial charge in [-0.3, -0.25) is 9.59 Å². The van der Waals surface area contributed by atoms with Crippen LogP contribution in [0, 0.1) is 12.7 Å². The Morgan fingerprint density at radius 3 is 2.41 bits per heavy atom. The molecule has 0 radical (unpaired) electrons. The van der Waals surface area contributed by atoms with E-state index in [1.807, 2.05) is 37.3 Å². The molecule has 0 bridgehead atoms. The fourth-order valence-corrected chi connectivity index (χ4v) is 6.46. The number of fused-ring (bicyclic) bond motifs is 1. The van der Waals surface area contributed by atoms with Crippen molar-refractivity contribution in [3.05, 3.63) is 125 Å². The second-order valence-electron chi connectivity index (χ2n) is 10.4. The molecule has 4 aromatic rings. The number of halogens is 2. The van der Waals surface area contributed by atoms with Crippen molar-refractivity contribution < 1.29 is 27.1 Å². The van der Waals surface area contributed by atoms with Crippen LogP contribution in [0.1, 0.15) is 16.7 Å². The lowest BCUT2D eigenvalue weighted by molar-refractivity contribution is -0.128. The third kappa shape index (κ3) is 7.10. The normalized spacial score (nSPS) is 14.5. The third-order valence-electron chi connectivity index (χ3n) is 7.29. The van der Waals surface area contributed by atoms with Gasteiger partial charge in [-0.05, 0) is 55.3 Å². The Bertz CT molecular complexity index is 1730. The Labute approximate surface area is 261 Å². The van der Waals surface area contributed by atoms with Crippen LogP contribution in [0.15, 0.2) is 102 Å². The fraction of sp³-hybridized carbons (Fsp3) is 0.212. The molecule has 11 heteroatoms. The fourth-order valence-electron chi connectivity index (χ4n) is 4.88. The van der Waals surface area contributed by atoms with E-state index in [0.717, 1.165) is 15.4 Å². The third-order valence-corrected chi connectivity index (χ3v) is 9.45. The molecule has 0 aliphatic carbocycles. The highest BCUT2D eigenvalue weighted by molar-refractivity contribution is 7.89. The Morgan fingerprint density at radius 1 is 0.977 bits per heavy atom. The summed E-state index contributed by atoms with van der Waals surface area (Å²) in [5.74, 6) is -1.42. The molecule has 4 aromatic carbocycles. The number of nitrogens with zero attached hydrogens (tertiary/aromatic N) is 2. The molecule has 1 aliphatic heterocycles. The smallest absolute Gasteiger partial charge is 0.262 e. The van der Waals surface area contributed by atoms with E-state index in [9.17, 15) is 22.4 Å². The van der Waals surface area contributed by atoms with Crippen molar-refractivity contribution >= 4 is 39.1 Å². The monoisotopic (exact) mass is 635 g/mol. The van der Waals surface area contributed by atoms with E-state index in [4.69, 9.17) is 16.3 Å². The van der Waals surface area contributed by atoms with Gasteiger partial charge in [0.2, 0.25) is 15.9 Å². The Kier molecular flexibility index (Phi) is 9.63. The quantitative estimate of drug-likeness (QED) is 0.261. The van der Waals surface area contributed by atoms with Gasteiger partial charge in [0.1, 0.15) is 11.6 Å². The van der Waals surface area contributed by atoms with Crippen molar-refractivity contribution in [2.75, 3.05) is 24.5 Å². The molecule has 0 saturated heterocycles. The molecule has 228 valence electrons. The van der Waals surface area contributed by atoms with E-state index in [1.54, 1.807) is 36.4 Å². The van der Waals surface area contributed by atoms with Crippen molar-refractivity contribution in [2.45, 2.75) is 30.9 Å². The number of amides is 2. The highest BCUT2D eigenvalue weighted by atomic mass is 35.5. The van der Waals surface area contributed by atoms with Crippen molar-refractivity contribution in [1.29, 1.82) is 0 Å². The van der Waals surface area contributed by atoms with Gasteiger partial charge in [-0.2, -0.15) is 4.31 Å². The summed E-state index contributed by atoms with van der Waals surface area (Å²) in [6.45, 7) is 0.914. The number of ether oxygens (including phenoxy) is 1. The molecular formula is C33H31ClFN3O5S. The molecular weight excluding hydrogens is 605 g/mol. The number of benzene rings is 4. The number of para-hydroxylation sites is 2. The number of nitrogens with one attached hydrogen (secondary N) is 1. The molecule has 1 N–H and O–H groups in total. The molecule has 0 spiro atoms. The lowest BCUT2D eigenvalue weighted by atomic mass is 10.1. The van der Waals surface area contributed by atoms with Crippen LogP contribution in [0.25, 0.3) is 0 Å². The molecule has 0 saturated carbocycles. The zero-order valence-electron chi connectivity index (χ0n) is 24.0. The second-order valence-corrected chi connectivity index (χ2v) is 12.7. The number of sulfonamides is 1. The van der Waals surface area contributed by atoms with E-state index in [-0.39, 0.29) is 22.0 Å². The minimum absolute atomic E-state index is 0.0329. The van der Waals surface area contributed by atoms with Crippen LogP contribution in [0.3, 0.4) is 0 Å². The van der Waals surface area contributed by atoms with Gasteiger partial charge in [0.25, 0.3) is 5.91 Å². The Hall–Kier alpha value is -4.25. The largest absolute Gasteiger partial charge is 0.477 e. The van der Waals surface area contributed by atoms with Gasteiger partial charge in [0, 0.05) is 23.7 Å². The van der Waals surface area contributed by atoms with Gasteiger partial charge < -0.3 is 15.0 Å². The highest BCUT2D eigenvalue weighted by Crippen LogP contribution is 2.34. The maximum atomic E-state index is 14.8. The summed E-state index contributed by atoms with van der Waals surface area (Å²) in [4.78, 5) is 28.4. The van der Waals surface area contributed by atoms with Crippen LogP contribution in [0.5, 0.6) is 5.75 Å². The zero-order chi connectivity index (χ0) is 31.3. The van der Waals surface area contributed by atoms with E-state index in [0.29, 0.717) is 24.4 Å². The van der Waals surface area contributed by atoms with E-state index >= 15 is 0 Å². The SMILES string of the molecule is Cc1ccc(S(=O)(=O)N(CC(=O)N2C[C@@H](C(=O)NCCc3ccccc3)Oc3ccccc32)Cc2c(F)cccc2Cl)cc1. The Morgan fingerprint density at radius 2 is 1.68 bits per heavy atom. The molecule has 1 atom stereocenters. The molecule has 0 unspecified atom stereocenters. The highest BCUT2D eigenvalue weighted by Gasteiger charge is 2.36. The minimum atomic E-state index is -4.28. The molecule has 2 amide bonds. The van der Waals surface area contributed by atoms with Crippen LogP contribution in [-0.2, 0) is 32.6 Å². The topological polar surface area (TPSA) is 96.0 Å². The summed E-state index contributed by atoms with van der Waals surface area (Å²) < 4.78 is 49.4. The lowest BCUT2D eigenvalue weighted by Gasteiger charge is -2.35. The van der Waals surface area contributed by atoms with Crippen molar-refractivity contribution in [1.82, 2.24) is 9.62 Å². The van der Waals surface area contributed by atoms with E-state index < -0.39 is 46.8 Å². The number of aryl methyl sites for hydroxylation is 1. The summed E-state index contributed by atoms with van der Waals surface area (Å²) in [6.07, 6.45) is -0.420. The van der Waals surface area contributed by atoms with Gasteiger partial charge >= 0.3 is 0 Å². The molecule has 1 aliphatic rings. The van der Waals surface area contributed by atoms with Crippen molar-refractivity contribution in [3.8, 4) is 5.75 Å². The second kappa shape index (κ2) is 13.6. The van der Waals surface area contributed by atoms with E-state index in [2.05, 4.69) is 5.32 Å². The van der Waals surface area contributed by atoms with Gasteiger partial charge in [0.05, 0.1) is 23.7 Å². The van der Waals surface area contributed by atoms with Gasteiger partial charge in [-0.1, -0.05) is 77.8 Å². The first-order chi connectivity index (χ1) is 21.1. The minimum Gasteiger partial charge on any atom is -0.477 e. The van der Waals surface area contributed by atoms with E-state index in [1.165, 1.54) is 35.2 Å². The number of carbonyl (C=O) groups excluding carboxylic acids is 2. The van der Waals surface area contributed by atoms with Crippen LogP contribution < -0.4 is 15.0 Å². The Balaban J connectivity index is 1.40. The van der Waals surface area contributed by atoms with Crippen molar-refractivity contribution in [3.63, 3.8) is 0 Å². The molecule has 0 fully saturated rings. The van der Waals surface area contributed by atoms with Crippen LogP contribution in [0.4, 0.5) is 10.1 Å². The molecule has 44 heavy (non-hydrogen) atoms. The summed E-state index contributed by atoms with van der Waals surface area (Å²) in [7, 11) is -4.28. The first-order valence-corrected chi connectivity index (χ1v) is 15.8. The molecule has 0 aromatic heterocycles. The maximum Gasteiger partial charge on any atom is 0.262 e.